The molecule has 0 spiro atoms. The highest BCUT2D eigenvalue weighted by Crippen LogP contribution is 2.21. The number of carbonyl (C=O) groups is 1. The average Bonchev–Trinajstić information content (AvgIpc) is 3.03. The number of nitrogens with zero attached hydrogens (tertiary/aromatic N) is 4. The number of thioether (sulfide) groups is 1. The van der Waals surface area contributed by atoms with Gasteiger partial charge in [-0.25, -0.2) is 4.79 Å². The summed E-state index contributed by atoms with van der Waals surface area (Å²) in [5.74, 6) is 2.50. The van der Waals surface area contributed by atoms with Crippen LogP contribution in [0.25, 0.3) is 0 Å². The van der Waals surface area contributed by atoms with E-state index in [-0.39, 0.29) is 6.03 Å². The average molecular weight is 323 g/mol. The molecule has 2 saturated heterocycles. The Morgan fingerprint density at radius 2 is 2.05 bits per heavy atom. The first-order valence-corrected chi connectivity index (χ1v) is 9.32. The summed E-state index contributed by atoms with van der Waals surface area (Å²) in [6, 6.07) is 0.663. The third-order valence-electron chi connectivity index (χ3n) is 4.52. The summed E-state index contributed by atoms with van der Waals surface area (Å²) in [4.78, 5) is 16.8. The van der Waals surface area contributed by atoms with E-state index in [0.717, 1.165) is 38.2 Å². The number of likely N-dealkylation sites (tertiary alicyclic amines) is 1. The van der Waals surface area contributed by atoms with Crippen LogP contribution in [0, 0.1) is 0 Å². The largest absolute Gasteiger partial charge is 0.324 e. The zero-order chi connectivity index (χ0) is 15.4. The second kappa shape index (κ2) is 7.37. The lowest BCUT2D eigenvalue weighted by molar-refractivity contribution is 0.130. The van der Waals surface area contributed by atoms with Crippen molar-refractivity contribution in [3.05, 3.63) is 12.4 Å². The number of urea groups is 1. The first-order chi connectivity index (χ1) is 10.8. The summed E-state index contributed by atoms with van der Waals surface area (Å²) in [5.41, 5.74) is 0.780. The maximum atomic E-state index is 12.3. The zero-order valence-corrected chi connectivity index (χ0v) is 14.0. The Labute approximate surface area is 136 Å². The van der Waals surface area contributed by atoms with Crippen molar-refractivity contribution in [3.63, 3.8) is 0 Å². The molecule has 1 aromatic heterocycles. The fourth-order valence-electron chi connectivity index (χ4n) is 3.18. The van der Waals surface area contributed by atoms with Gasteiger partial charge in [0.15, 0.2) is 0 Å². The number of piperidine rings is 1. The quantitative estimate of drug-likeness (QED) is 0.924. The Kier molecular flexibility index (Phi) is 5.25. The van der Waals surface area contributed by atoms with E-state index >= 15 is 0 Å². The Balaban J connectivity index is 1.47. The van der Waals surface area contributed by atoms with Crippen LogP contribution in [0.5, 0.6) is 0 Å². The number of hydrogen-bond donors (Lipinski definition) is 1. The monoisotopic (exact) mass is 323 g/mol. The Morgan fingerprint density at radius 1 is 1.32 bits per heavy atom. The van der Waals surface area contributed by atoms with E-state index in [9.17, 15) is 4.79 Å². The molecule has 0 atom stereocenters. The van der Waals surface area contributed by atoms with Crippen molar-refractivity contribution in [2.24, 2.45) is 0 Å². The lowest BCUT2D eigenvalue weighted by atomic mass is 10.0. The minimum atomic E-state index is 0.00306. The van der Waals surface area contributed by atoms with Crippen LogP contribution in [0.1, 0.15) is 19.8 Å². The van der Waals surface area contributed by atoms with Crippen molar-refractivity contribution in [3.8, 4) is 0 Å². The number of carbonyl (C=O) groups excluding carboxylic acids is 1. The third-order valence-corrected chi connectivity index (χ3v) is 5.46. The molecule has 1 N–H and O–H groups in total. The molecule has 2 fully saturated rings. The number of hydrogen-bond acceptors (Lipinski definition) is 4. The van der Waals surface area contributed by atoms with Gasteiger partial charge < -0.3 is 10.2 Å². The number of aromatic nitrogens is 2. The van der Waals surface area contributed by atoms with Crippen LogP contribution in [0.2, 0.25) is 0 Å². The number of amides is 2. The summed E-state index contributed by atoms with van der Waals surface area (Å²) >= 11 is 2.05. The standard InChI is InChI=1S/C15H25N5OS/c1-2-20-12-13(11-16-20)17-15(21)19-5-3-14(4-6-19)18-7-9-22-10-8-18/h11-12,14H,2-10H2,1H3,(H,17,21). The summed E-state index contributed by atoms with van der Waals surface area (Å²) in [7, 11) is 0. The van der Waals surface area contributed by atoms with Gasteiger partial charge in [-0.2, -0.15) is 16.9 Å². The molecule has 122 valence electrons. The molecule has 6 nitrogen and oxygen atoms in total. The van der Waals surface area contributed by atoms with E-state index in [1.807, 2.05) is 34.5 Å². The van der Waals surface area contributed by atoms with E-state index in [0.29, 0.717) is 6.04 Å². The normalized spacial score (nSPS) is 21.0. The maximum Gasteiger partial charge on any atom is 0.321 e. The molecule has 2 aliphatic rings. The van der Waals surface area contributed by atoms with Crippen LogP contribution < -0.4 is 5.32 Å². The van der Waals surface area contributed by atoms with Gasteiger partial charge in [0, 0.05) is 56.5 Å². The molecule has 2 amide bonds. The second-order valence-electron chi connectivity index (χ2n) is 5.88. The number of nitrogens with one attached hydrogen (secondary N) is 1. The lowest BCUT2D eigenvalue weighted by Crippen LogP contribution is -2.49. The van der Waals surface area contributed by atoms with Crippen LogP contribution in [0.3, 0.4) is 0 Å². The SMILES string of the molecule is CCn1cc(NC(=O)N2CCC(N3CCSCC3)CC2)cn1. The Bertz CT molecular complexity index is 492. The molecule has 0 saturated carbocycles. The highest BCUT2D eigenvalue weighted by atomic mass is 32.2. The first kappa shape index (κ1) is 15.7. The fraction of sp³-hybridized carbons (Fsp3) is 0.733. The summed E-state index contributed by atoms with van der Waals surface area (Å²) in [5, 5.41) is 7.13. The van der Waals surface area contributed by atoms with Crippen molar-refractivity contribution in [1.82, 2.24) is 19.6 Å². The van der Waals surface area contributed by atoms with Crippen molar-refractivity contribution in [1.29, 1.82) is 0 Å². The van der Waals surface area contributed by atoms with Crippen LogP contribution >= 0.6 is 11.8 Å². The molecule has 3 heterocycles. The van der Waals surface area contributed by atoms with Gasteiger partial charge in [0.1, 0.15) is 0 Å². The van der Waals surface area contributed by atoms with E-state index in [2.05, 4.69) is 15.3 Å². The lowest BCUT2D eigenvalue weighted by Gasteiger charge is -2.39. The molecule has 0 radical (unpaired) electrons. The van der Waals surface area contributed by atoms with Gasteiger partial charge in [-0.05, 0) is 19.8 Å². The van der Waals surface area contributed by atoms with Gasteiger partial charge in [-0.3, -0.25) is 9.58 Å². The van der Waals surface area contributed by atoms with E-state index < -0.39 is 0 Å². The molecule has 7 heteroatoms. The Hall–Kier alpha value is -1.21. The highest BCUT2D eigenvalue weighted by molar-refractivity contribution is 7.99. The summed E-state index contributed by atoms with van der Waals surface area (Å²) < 4.78 is 1.82. The zero-order valence-electron chi connectivity index (χ0n) is 13.2. The minimum Gasteiger partial charge on any atom is -0.324 e. The van der Waals surface area contributed by atoms with Gasteiger partial charge in [-0.1, -0.05) is 0 Å². The minimum absolute atomic E-state index is 0.00306. The molecule has 1 aromatic rings. The first-order valence-electron chi connectivity index (χ1n) is 8.16. The Morgan fingerprint density at radius 3 is 2.68 bits per heavy atom. The van der Waals surface area contributed by atoms with Crippen molar-refractivity contribution in [2.45, 2.75) is 32.4 Å². The smallest absolute Gasteiger partial charge is 0.321 e. The summed E-state index contributed by atoms with van der Waals surface area (Å²) in [6.45, 7) is 6.96. The molecule has 0 unspecified atom stereocenters. The van der Waals surface area contributed by atoms with Crippen LogP contribution in [0.4, 0.5) is 10.5 Å². The van der Waals surface area contributed by atoms with Gasteiger partial charge in [0.2, 0.25) is 0 Å². The van der Waals surface area contributed by atoms with Crippen molar-refractivity contribution < 1.29 is 4.79 Å². The molecular weight excluding hydrogens is 298 g/mol. The topological polar surface area (TPSA) is 53.4 Å². The molecule has 2 aliphatic heterocycles. The van der Waals surface area contributed by atoms with E-state index in [1.54, 1.807) is 6.20 Å². The fourth-order valence-corrected chi connectivity index (χ4v) is 4.11. The highest BCUT2D eigenvalue weighted by Gasteiger charge is 2.27. The molecule has 0 bridgehead atoms. The molecule has 0 aliphatic carbocycles. The number of aryl methyl sites for hydroxylation is 1. The van der Waals surface area contributed by atoms with Crippen molar-refractivity contribution >= 4 is 23.5 Å². The molecular formula is C15H25N5OS. The number of rotatable bonds is 3. The van der Waals surface area contributed by atoms with Crippen LogP contribution in [-0.2, 0) is 6.54 Å². The summed E-state index contributed by atoms with van der Waals surface area (Å²) in [6.07, 6.45) is 5.76. The van der Waals surface area contributed by atoms with Gasteiger partial charge in [0.05, 0.1) is 11.9 Å². The van der Waals surface area contributed by atoms with Crippen molar-refractivity contribution in [2.75, 3.05) is 43.0 Å². The van der Waals surface area contributed by atoms with Gasteiger partial charge in [-0.15, -0.1) is 0 Å². The number of anilines is 1. The van der Waals surface area contributed by atoms with Crippen LogP contribution in [0.15, 0.2) is 12.4 Å². The maximum absolute atomic E-state index is 12.3. The molecule has 0 aromatic carbocycles. The van der Waals surface area contributed by atoms with E-state index in [1.165, 1.54) is 24.6 Å². The third kappa shape index (κ3) is 3.76. The second-order valence-corrected chi connectivity index (χ2v) is 7.11. The van der Waals surface area contributed by atoms with Gasteiger partial charge in [0.25, 0.3) is 0 Å². The van der Waals surface area contributed by atoms with Crippen LogP contribution in [-0.4, -0.2) is 69.3 Å². The predicted molar refractivity (Wildman–Crippen MR) is 90.4 cm³/mol. The molecule has 3 rings (SSSR count). The van der Waals surface area contributed by atoms with E-state index in [4.69, 9.17) is 0 Å². The molecule has 22 heavy (non-hydrogen) atoms. The van der Waals surface area contributed by atoms with Gasteiger partial charge >= 0.3 is 6.03 Å². The predicted octanol–water partition coefficient (Wildman–Crippen LogP) is 1.95.